The minimum absolute atomic E-state index is 0.587. The Morgan fingerprint density at radius 3 is 1.38 bits per heavy atom. The maximum atomic E-state index is 2.54. The van der Waals surface area contributed by atoms with E-state index in [4.69, 9.17) is 0 Å². The van der Waals surface area contributed by atoms with Gasteiger partial charge in [-0.3, -0.25) is 0 Å². The molecule has 1 aliphatic rings. The second-order valence-electron chi connectivity index (χ2n) is 8.18. The summed E-state index contributed by atoms with van der Waals surface area (Å²) < 4.78 is 0. The number of unbranched alkanes of at least 4 members (excludes halogenated alkanes) is 10. The highest BCUT2D eigenvalue weighted by molar-refractivity contribution is 4.99. The number of hydrogen-bond acceptors (Lipinski definition) is 2. The Morgan fingerprint density at radius 2 is 1.00 bits per heavy atom. The molecule has 24 heavy (non-hydrogen) atoms. The van der Waals surface area contributed by atoms with E-state index in [1.165, 1.54) is 77.0 Å². The van der Waals surface area contributed by atoms with E-state index in [9.17, 15) is 0 Å². The fourth-order valence-electron chi connectivity index (χ4n) is 3.83. The van der Waals surface area contributed by atoms with E-state index in [0.29, 0.717) is 18.2 Å². The van der Waals surface area contributed by atoms with Crippen LogP contribution < -0.4 is 0 Å². The highest BCUT2D eigenvalue weighted by Gasteiger charge is 2.28. The van der Waals surface area contributed by atoms with Crippen LogP contribution in [0, 0.1) is 0 Å². The van der Waals surface area contributed by atoms with E-state index in [0.717, 1.165) is 0 Å². The van der Waals surface area contributed by atoms with E-state index >= 15 is 0 Å². The number of hydrogen-bond donors (Lipinski definition) is 0. The van der Waals surface area contributed by atoms with E-state index < -0.39 is 0 Å². The molecule has 0 aromatic heterocycles. The molecule has 0 aromatic rings. The quantitative estimate of drug-likeness (QED) is 0.318. The van der Waals surface area contributed by atoms with E-state index in [1.54, 1.807) is 0 Å². The highest BCUT2D eigenvalue weighted by atomic mass is 15.4. The predicted octanol–water partition coefficient (Wildman–Crippen LogP) is 6.92. The Morgan fingerprint density at radius 1 is 0.625 bits per heavy atom. The van der Waals surface area contributed by atoms with E-state index in [1.807, 2.05) is 0 Å². The summed E-state index contributed by atoms with van der Waals surface area (Å²) >= 11 is 0. The zero-order valence-corrected chi connectivity index (χ0v) is 17.3. The van der Waals surface area contributed by atoms with Gasteiger partial charge >= 0.3 is 0 Å². The fraction of sp³-hybridized carbons (Fsp3) is 0.909. The first-order valence-electron chi connectivity index (χ1n) is 10.8. The second kappa shape index (κ2) is 12.7. The summed E-state index contributed by atoms with van der Waals surface area (Å²) in [5, 5.41) is 0. The van der Waals surface area contributed by atoms with Crippen LogP contribution in [0.5, 0.6) is 0 Å². The van der Waals surface area contributed by atoms with Crippen molar-refractivity contribution in [2.75, 3.05) is 0 Å². The van der Waals surface area contributed by atoms with Gasteiger partial charge in [0, 0.05) is 24.5 Å². The second-order valence-corrected chi connectivity index (χ2v) is 8.18. The van der Waals surface area contributed by atoms with E-state index in [-0.39, 0.29) is 0 Å². The van der Waals surface area contributed by atoms with Gasteiger partial charge in [-0.15, -0.1) is 0 Å². The molecule has 2 nitrogen and oxygen atoms in total. The van der Waals surface area contributed by atoms with Gasteiger partial charge in [0.2, 0.25) is 0 Å². The summed E-state index contributed by atoms with van der Waals surface area (Å²) in [6.45, 7) is 11.5. The third-order valence-electron chi connectivity index (χ3n) is 5.36. The van der Waals surface area contributed by atoms with Crippen LogP contribution in [0.1, 0.15) is 112 Å². The first-order chi connectivity index (χ1) is 11.6. The molecule has 0 atom stereocenters. The summed E-state index contributed by atoms with van der Waals surface area (Å²) in [6.07, 6.45) is 22.2. The van der Waals surface area contributed by atoms with Crippen LogP contribution in [0.25, 0.3) is 0 Å². The van der Waals surface area contributed by atoms with Gasteiger partial charge in [-0.2, -0.15) is 0 Å². The predicted molar refractivity (Wildman–Crippen MR) is 108 cm³/mol. The third kappa shape index (κ3) is 7.94. The Bertz CT molecular complexity index is 304. The fourth-order valence-corrected chi connectivity index (χ4v) is 3.83. The van der Waals surface area contributed by atoms with Gasteiger partial charge in [-0.05, 0) is 40.5 Å². The molecule has 2 heteroatoms. The lowest BCUT2D eigenvalue weighted by molar-refractivity contribution is 0.0946. The van der Waals surface area contributed by atoms with Gasteiger partial charge in [0.15, 0.2) is 0 Å². The minimum Gasteiger partial charge on any atom is -0.354 e. The molecule has 0 saturated carbocycles. The van der Waals surface area contributed by atoms with Gasteiger partial charge in [0.1, 0.15) is 6.17 Å². The minimum atomic E-state index is 0.587. The SMILES string of the molecule is CCCCCCCCCCCCCC1N(C(C)C)C=CN1C(C)C. The molecule has 0 amide bonds. The first kappa shape index (κ1) is 21.4. The van der Waals surface area contributed by atoms with Crippen LogP contribution >= 0.6 is 0 Å². The van der Waals surface area contributed by atoms with Crippen molar-refractivity contribution in [3.63, 3.8) is 0 Å². The Kier molecular flexibility index (Phi) is 11.3. The summed E-state index contributed by atoms with van der Waals surface area (Å²) in [5.41, 5.74) is 0. The van der Waals surface area contributed by atoms with Crippen molar-refractivity contribution in [1.82, 2.24) is 9.80 Å². The molecular weight excluding hydrogens is 292 g/mol. The van der Waals surface area contributed by atoms with Gasteiger partial charge < -0.3 is 9.80 Å². The molecule has 0 unspecified atom stereocenters. The largest absolute Gasteiger partial charge is 0.354 e. The molecule has 0 saturated heterocycles. The Labute approximate surface area is 152 Å². The van der Waals surface area contributed by atoms with Gasteiger partial charge in [0.05, 0.1) is 0 Å². The Balaban J connectivity index is 2.07. The summed E-state index contributed by atoms with van der Waals surface area (Å²) in [4.78, 5) is 5.08. The molecular formula is C22H44N2. The van der Waals surface area contributed by atoms with Crippen molar-refractivity contribution in [3.05, 3.63) is 12.4 Å². The first-order valence-corrected chi connectivity index (χ1v) is 10.8. The summed E-state index contributed by atoms with van der Waals surface area (Å²) in [7, 11) is 0. The molecule has 0 radical (unpaired) electrons. The van der Waals surface area contributed by atoms with Crippen molar-refractivity contribution in [3.8, 4) is 0 Å². The molecule has 1 aliphatic heterocycles. The van der Waals surface area contributed by atoms with Crippen LogP contribution in [0.2, 0.25) is 0 Å². The topological polar surface area (TPSA) is 6.48 Å². The monoisotopic (exact) mass is 336 g/mol. The lowest BCUT2D eigenvalue weighted by Crippen LogP contribution is -2.44. The number of nitrogens with zero attached hydrogens (tertiary/aromatic N) is 2. The van der Waals surface area contributed by atoms with Crippen LogP contribution in [-0.4, -0.2) is 28.0 Å². The van der Waals surface area contributed by atoms with Crippen LogP contribution in [0.3, 0.4) is 0 Å². The molecule has 0 aliphatic carbocycles. The van der Waals surface area contributed by atoms with Gasteiger partial charge in [-0.1, -0.05) is 71.1 Å². The zero-order chi connectivity index (χ0) is 17.8. The lowest BCUT2D eigenvalue weighted by Gasteiger charge is -2.37. The average molecular weight is 337 g/mol. The van der Waals surface area contributed by atoms with Crippen molar-refractivity contribution in [2.24, 2.45) is 0 Å². The van der Waals surface area contributed by atoms with E-state index in [2.05, 4.69) is 56.8 Å². The smallest absolute Gasteiger partial charge is 0.101 e. The van der Waals surface area contributed by atoms with Crippen molar-refractivity contribution < 1.29 is 0 Å². The Hall–Kier alpha value is -0.660. The van der Waals surface area contributed by atoms with Crippen molar-refractivity contribution >= 4 is 0 Å². The number of rotatable bonds is 14. The van der Waals surface area contributed by atoms with Crippen LogP contribution in [0.15, 0.2) is 12.4 Å². The van der Waals surface area contributed by atoms with Crippen molar-refractivity contribution in [2.45, 2.75) is 130 Å². The molecule has 0 aromatic carbocycles. The third-order valence-corrected chi connectivity index (χ3v) is 5.36. The molecule has 1 rings (SSSR count). The van der Waals surface area contributed by atoms with Crippen molar-refractivity contribution in [1.29, 1.82) is 0 Å². The average Bonchev–Trinajstić information content (AvgIpc) is 2.97. The van der Waals surface area contributed by atoms with Crippen LogP contribution in [0.4, 0.5) is 0 Å². The summed E-state index contributed by atoms with van der Waals surface area (Å²) in [5.74, 6) is 0. The normalized spacial score (nSPS) is 15.5. The van der Waals surface area contributed by atoms with Gasteiger partial charge in [-0.25, -0.2) is 0 Å². The molecule has 0 spiro atoms. The van der Waals surface area contributed by atoms with Gasteiger partial charge in [0.25, 0.3) is 0 Å². The van der Waals surface area contributed by atoms with Crippen LogP contribution in [-0.2, 0) is 0 Å². The standard InChI is InChI=1S/C22H44N2/c1-6-7-8-9-10-11-12-13-14-15-16-17-22-23(20(2)3)18-19-24(22)21(4)5/h18-22H,6-17H2,1-5H3. The summed E-state index contributed by atoms with van der Waals surface area (Å²) in [6, 6.07) is 1.20. The maximum Gasteiger partial charge on any atom is 0.101 e. The maximum absolute atomic E-state index is 2.54. The molecule has 1 heterocycles. The molecule has 0 bridgehead atoms. The molecule has 0 N–H and O–H groups in total. The molecule has 0 fully saturated rings. The molecule has 142 valence electrons. The zero-order valence-electron chi connectivity index (χ0n) is 17.3. The lowest BCUT2D eigenvalue weighted by atomic mass is 10.0. The highest BCUT2D eigenvalue weighted by Crippen LogP contribution is 2.25.